The predicted octanol–water partition coefficient (Wildman–Crippen LogP) is 2.11. The highest BCUT2D eigenvalue weighted by Crippen LogP contribution is 2.15. The molecular weight excluding hydrogens is 420 g/mol. The van der Waals surface area contributed by atoms with E-state index in [1.807, 2.05) is 12.1 Å². The number of aromatic amines is 1. The van der Waals surface area contributed by atoms with Gasteiger partial charge in [-0.15, -0.1) is 0 Å². The third kappa shape index (κ3) is 5.20. The minimum absolute atomic E-state index is 0.137. The summed E-state index contributed by atoms with van der Waals surface area (Å²) in [6.45, 7) is 3.24. The van der Waals surface area contributed by atoms with E-state index >= 15 is 0 Å². The zero-order valence-corrected chi connectivity index (χ0v) is 17.3. The van der Waals surface area contributed by atoms with Gasteiger partial charge in [0, 0.05) is 32.2 Å². The molecule has 2 amide bonds. The Morgan fingerprint density at radius 1 is 1.09 bits per heavy atom. The van der Waals surface area contributed by atoms with Crippen LogP contribution in [-0.4, -0.2) is 65.1 Å². The summed E-state index contributed by atoms with van der Waals surface area (Å²) in [4.78, 5) is 35.7. The molecule has 8 nitrogen and oxygen atoms in total. The lowest BCUT2D eigenvalue weighted by Gasteiger charge is -2.34. The summed E-state index contributed by atoms with van der Waals surface area (Å²) in [5, 5.41) is 3.32. The van der Waals surface area contributed by atoms with Gasteiger partial charge in [-0.2, -0.15) is 0 Å². The highest BCUT2D eigenvalue weighted by molar-refractivity contribution is 5.77. The van der Waals surface area contributed by atoms with Gasteiger partial charge in [0.15, 0.2) is 11.6 Å². The number of para-hydroxylation sites is 1. The van der Waals surface area contributed by atoms with Gasteiger partial charge in [-0.25, -0.2) is 18.6 Å². The topological polar surface area (TPSA) is 90.6 Å². The fourth-order valence-corrected chi connectivity index (χ4v) is 3.54. The molecule has 0 unspecified atom stereocenters. The molecule has 0 radical (unpaired) electrons. The Morgan fingerprint density at radius 2 is 1.88 bits per heavy atom. The first-order chi connectivity index (χ1) is 15.5. The Morgan fingerprint density at radius 3 is 2.66 bits per heavy atom. The van der Waals surface area contributed by atoms with Crippen LogP contribution in [0.3, 0.4) is 0 Å². The summed E-state index contributed by atoms with van der Waals surface area (Å²) in [7, 11) is 0. The number of aromatic nitrogens is 2. The summed E-state index contributed by atoms with van der Waals surface area (Å²) in [5.74, 6) is -1.12. The van der Waals surface area contributed by atoms with E-state index in [1.54, 1.807) is 17.0 Å². The maximum Gasteiger partial charge on any atom is 0.317 e. The molecule has 1 aliphatic rings. The fraction of sp³-hybridized carbons (Fsp3) is 0.318. The number of H-pyrrole nitrogens is 1. The number of piperazine rings is 1. The standard InChI is InChI=1S/C22H23F2N5O3/c23-17-6-5-15(13-18(17)24)32-12-7-25-22(31)29-10-8-28(9-11-29)14-20-26-19-4-2-1-3-16(19)21(30)27-20/h1-6,13H,7-12,14H2,(H,25,31)(H,26,27,30). The third-order valence-corrected chi connectivity index (χ3v) is 5.23. The van der Waals surface area contributed by atoms with Crippen LogP contribution in [-0.2, 0) is 6.54 Å². The summed E-state index contributed by atoms with van der Waals surface area (Å²) < 4.78 is 31.4. The summed E-state index contributed by atoms with van der Waals surface area (Å²) >= 11 is 0. The first-order valence-electron chi connectivity index (χ1n) is 10.3. The molecule has 1 saturated heterocycles. The number of urea groups is 1. The maximum absolute atomic E-state index is 13.2. The second kappa shape index (κ2) is 9.73. The van der Waals surface area contributed by atoms with Crippen LogP contribution >= 0.6 is 0 Å². The van der Waals surface area contributed by atoms with Crippen LogP contribution in [0.2, 0.25) is 0 Å². The van der Waals surface area contributed by atoms with Gasteiger partial charge in [-0.1, -0.05) is 12.1 Å². The molecular formula is C22H23F2N5O3. The van der Waals surface area contributed by atoms with E-state index in [9.17, 15) is 18.4 Å². The van der Waals surface area contributed by atoms with Crippen LogP contribution in [0.25, 0.3) is 10.9 Å². The van der Waals surface area contributed by atoms with E-state index in [0.717, 1.165) is 12.1 Å². The molecule has 1 aliphatic heterocycles. The molecule has 32 heavy (non-hydrogen) atoms. The molecule has 2 N–H and O–H groups in total. The number of fused-ring (bicyclic) bond motifs is 1. The SMILES string of the molecule is O=C(NCCOc1ccc(F)c(F)c1)N1CCN(Cc2nc3ccccc3c(=O)[nH]2)CC1. The normalized spacial score (nSPS) is 14.5. The minimum atomic E-state index is -0.979. The largest absolute Gasteiger partial charge is 0.492 e. The first-order valence-corrected chi connectivity index (χ1v) is 10.3. The zero-order valence-electron chi connectivity index (χ0n) is 17.3. The third-order valence-electron chi connectivity index (χ3n) is 5.23. The number of nitrogens with zero attached hydrogens (tertiary/aromatic N) is 3. The van der Waals surface area contributed by atoms with Crippen molar-refractivity contribution in [3.05, 3.63) is 70.3 Å². The maximum atomic E-state index is 13.2. The summed E-state index contributed by atoms with van der Waals surface area (Å²) in [6.07, 6.45) is 0. The Balaban J connectivity index is 1.21. The highest BCUT2D eigenvalue weighted by Gasteiger charge is 2.21. The quantitative estimate of drug-likeness (QED) is 0.570. The van der Waals surface area contributed by atoms with Crippen LogP contribution in [0.15, 0.2) is 47.3 Å². The number of halogens is 2. The predicted molar refractivity (Wildman–Crippen MR) is 114 cm³/mol. The highest BCUT2D eigenvalue weighted by atomic mass is 19.2. The van der Waals surface area contributed by atoms with Crippen LogP contribution in [0.1, 0.15) is 5.82 Å². The lowest BCUT2D eigenvalue weighted by Crippen LogP contribution is -2.52. The molecule has 0 aliphatic carbocycles. The van der Waals surface area contributed by atoms with Crippen molar-refractivity contribution in [3.8, 4) is 5.75 Å². The van der Waals surface area contributed by atoms with E-state index < -0.39 is 11.6 Å². The van der Waals surface area contributed by atoms with Crippen molar-refractivity contribution in [1.29, 1.82) is 0 Å². The number of carbonyl (C=O) groups is 1. The average molecular weight is 443 g/mol. The van der Waals surface area contributed by atoms with Crippen molar-refractivity contribution in [1.82, 2.24) is 25.1 Å². The van der Waals surface area contributed by atoms with Gasteiger partial charge >= 0.3 is 6.03 Å². The smallest absolute Gasteiger partial charge is 0.317 e. The van der Waals surface area contributed by atoms with E-state index in [1.165, 1.54) is 6.07 Å². The molecule has 0 atom stereocenters. The van der Waals surface area contributed by atoms with Gasteiger partial charge in [0.2, 0.25) is 0 Å². The minimum Gasteiger partial charge on any atom is -0.492 e. The number of rotatable bonds is 6. The monoisotopic (exact) mass is 443 g/mol. The molecule has 1 aromatic heterocycles. The van der Waals surface area contributed by atoms with Crippen LogP contribution < -0.4 is 15.6 Å². The Labute approximate surface area is 182 Å². The average Bonchev–Trinajstić information content (AvgIpc) is 2.79. The van der Waals surface area contributed by atoms with Crippen molar-refractivity contribution in [2.24, 2.45) is 0 Å². The van der Waals surface area contributed by atoms with Crippen LogP contribution in [0.5, 0.6) is 5.75 Å². The molecule has 1 fully saturated rings. The Kier molecular flexibility index (Phi) is 6.60. The van der Waals surface area contributed by atoms with Crippen molar-refractivity contribution >= 4 is 16.9 Å². The van der Waals surface area contributed by atoms with Crippen molar-refractivity contribution in [2.45, 2.75) is 6.54 Å². The van der Waals surface area contributed by atoms with Crippen molar-refractivity contribution in [2.75, 3.05) is 39.3 Å². The molecule has 0 saturated carbocycles. The second-order valence-corrected chi connectivity index (χ2v) is 7.45. The lowest BCUT2D eigenvalue weighted by molar-refractivity contribution is 0.132. The fourth-order valence-electron chi connectivity index (χ4n) is 3.54. The number of carbonyl (C=O) groups excluding carboxylic acids is 1. The molecule has 2 heterocycles. The van der Waals surface area contributed by atoms with Crippen molar-refractivity contribution in [3.63, 3.8) is 0 Å². The molecule has 0 bridgehead atoms. The van der Waals surface area contributed by atoms with E-state index in [4.69, 9.17) is 4.74 Å². The summed E-state index contributed by atoms with van der Waals surface area (Å²) in [6, 6.07) is 10.3. The number of amides is 2. The van der Waals surface area contributed by atoms with E-state index in [0.29, 0.717) is 49.5 Å². The van der Waals surface area contributed by atoms with Crippen molar-refractivity contribution < 1.29 is 18.3 Å². The van der Waals surface area contributed by atoms with E-state index in [-0.39, 0.29) is 30.5 Å². The molecule has 10 heteroatoms. The molecule has 4 rings (SSSR count). The van der Waals surface area contributed by atoms with Gasteiger partial charge in [-0.05, 0) is 24.3 Å². The number of ether oxygens (including phenoxy) is 1. The molecule has 0 spiro atoms. The second-order valence-electron chi connectivity index (χ2n) is 7.45. The van der Waals surface area contributed by atoms with Gasteiger partial charge in [0.25, 0.3) is 5.56 Å². The van der Waals surface area contributed by atoms with Crippen LogP contribution in [0.4, 0.5) is 13.6 Å². The molecule has 168 valence electrons. The number of nitrogens with one attached hydrogen (secondary N) is 2. The van der Waals surface area contributed by atoms with Gasteiger partial charge in [0.05, 0.1) is 24.0 Å². The summed E-state index contributed by atoms with van der Waals surface area (Å²) in [5.41, 5.74) is 0.504. The molecule has 3 aromatic rings. The lowest BCUT2D eigenvalue weighted by atomic mass is 10.2. The first kappa shape index (κ1) is 21.7. The number of hydrogen-bond acceptors (Lipinski definition) is 5. The van der Waals surface area contributed by atoms with E-state index in [2.05, 4.69) is 20.2 Å². The Bertz CT molecular complexity index is 1160. The molecule has 2 aromatic carbocycles. The van der Waals surface area contributed by atoms with Crippen LogP contribution in [0, 0.1) is 11.6 Å². The number of hydrogen-bond donors (Lipinski definition) is 2. The van der Waals surface area contributed by atoms with Gasteiger partial charge in [0.1, 0.15) is 18.2 Å². The van der Waals surface area contributed by atoms with Gasteiger partial charge in [-0.3, -0.25) is 9.69 Å². The number of benzene rings is 2. The Hall–Kier alpha value is -3.53. The van der Waals surface area contributed by atoms with Gasteiger partial charge < -0.3 is 19.9 Å². The zero-order chi connectivity index (χ0) is 22.5.